The van der Waals surface area contributed by atoms with E-state index < -0.39 is 0 Å². The monoisotopic (exact) mass is 344 g/mol. The molecule has 1 amide bonds. The molecule has 144 valence electrons. The van der Waals surface area contributed by atoms with Gasteiger partial charge in [0.1, 0.15) is 5.78 Å². The van der Waals surface area contributed by atoms with Crippen LogP contribution in [-0.2, 0) is 9.59 Å². The van der Waals surface area contributed by atoms with E-state index in [2.05, 4.69) is 37.1 Å². The maximum Gasteiger partial charge on any atom is 0.219 e. The first kappa shape index (κ1) is 25.3. The largest absolute Gasteiger partial charge is 0.357 e. The van der Waals surface area contributed by atoms with Crippen LogP contribution in [-0.4, -0.2) is 36.9 Å². The summed E-state index contributed by atoms with van der Waals surface area (Å²) in [6.45, 7) is 17.0. The molecule has 0 saturated carbocycles. The molecule has 0 aliphatic rings. The van der Waals surface area contributed by atoms with Gasteiger partial charge in [-0.3, -0.25) is 9.59 Å². The lowest BCUT2D eigenvalue weighted by atomic mass is 9.88. The molecule has 0 aromatic carbocycles. The van der Waals surface area contributed by atoms with Crippen molar-refractivity contribution in [2.45, 2.75) is 86.1 Å². The summed E-state index contributed by atoms with van der Waals surface area (Å²) >= 11 is 0. The smallest absolute Gasteiger partial charge is 0.219 e. The van der Waals surface area contributed by atoms with Crippen molar-refractivity contribution in [2.24, 2.45) is 5.41 Å². The van der Waals surface area contributed by atoms with Crippen LogP contribution in [0.1, 0.15) is 80.6 Å². The number of unbranched alkanes of at least 4 members (excludes halogenated alkanes) is 1. The SMILES string of the molecule is CC(C)(C)NCC[NH3+].CCCNC(=O)CCCCC(=O)C(C)(C)C. The Morgan fingerprint density at radius 1 is 0.917 bits per heavy atom. The highest BCUT2D eigenvalue weighted by Crippen LogP contribution is 2.18. The Hall–Kier alpha value is -0.940. The summed E-state index contributed by atoms with van der Waals surface area (Å²) in [4.78, 5) is 22.8. The second kappa shape index (κ2) is 13.4. The van der Waals surface area contributed by atoms with Gasteiger partial charge in [-0.2, -0.15) is 0 Å². The van der Waals surface area contributed by atoms with Crippen molar-refractivity contribution in [3.8, 4) is 0 Å². The van der Waals surface area contributed by atoms with Gasteiger partial charge in [-0.05, 0) is 40.0 Å². The van der Waals surface area contributed by atoms with Gasteiger partial charge in [0.05, 0.1) is 6.54 Å². The fourth-order valence-electron chi connectivity index (χ4n) is 1.76. The van der Waals surface area contributed by atoms with E-state index in [1.165, 1.54) is 0 Å². The van der Waals surface area contributed by atoms with Gasteiger partial charge in [-0.1, -0.05) is 27.7 Å². The van der Waals surface area contributed by atoms with E-state index in [1.54, 1.807) is 0 Å². The summed E-state index contributed by atoms with van der Waals surface area (Å²) in [6.07, 6.45) is 3.71. The molecule has 0 spiro atoms. The van der Waals surface area contributed by atoms with Crippen LogP contribution in [0.15, 0.2) is 0 Å². The first-order valence-corrected chi connectivity index (χ1v) is 9.28. The topological polar surface area (TPSA) is 85.8 Å². The number of nitrogens with one attached hydrogen (secondary N) is 2. The zero-order chi connectivity index (χ0) is 19.2. The van der Waals surface area contributed by atoms with Gasteiger partial charge in [0.2, 0.25) is 5.91 Å². The quantitative estimate of drug-likeness (QED) is 0.561. The first-order valence-electron chi connectivity index (χ1n) is 9.28. The Morgan fingerprint density at radius 3 is 1.83 bits per heavy atom. The van der Waals surface area contributed by atoms with E-state index in [1.807, 2.05) is 27.7 Å². The van der Waals surface area contributed by atoms with Crippen molar-refractivity contribution in [2.75, 3.05) is 19.6 Å². The van der Waals surface area contributed by atoms with Gasteiger partial charge >= 0.3 is 0 Å². The van der Waals surface area contributed by atoms with Crippen molar-refractivity contribution in [3.63, 3.8) is 0 Å². The lowest BCUT2D eigenvalue weighted by molar-refractivity contribution is -0.365. The van der Waals surface area contributed by atoms with Crippen molar-refractivity contribution >= 4 is 11.7 Å². The summed E-state index contributed by atoms with van der Waals surface area (Å²) < 4.78 is 0. The summed E-state index contributed by atoms with van der Waals surface area (Å²) in [6, 6.07) is 0. The second-order valence-electron chi connectivity index (χ2n) is 8.26. The molecule has 24 heavy (non-hydrogen) atoms. The Morgan fingerprint density at radius 2 is 1.46 bits per heavy atom. The number of ketones is 1. The molecule has 0 heterocycles. The number of carbonyl (C=O) groups is 2. The van der Waals surface area contributed by atoms with E-state index in [9.17, 15) is 9.59 Å². The molecule has 0 aromatic heterocycles. The van der Waals surface area contributed by atoms with Crippen molar-refractivity contribution in [3.05, 3.63) is 0 Å². The van der Waals surface area contributed by atoms with Gasteiger partial charge in [-0.15, -0.1) is 0 Å². The second-order valence-corrected chi connectivity index (χ2v) is 8.26. The molecule has 0 radical (unpaired) electrons. The fraction of sp³-hybridized carbons (Fsp3) is 0.895. The molecule has 5 heteroatoms. The number of hydrogen-bond donors (Lipinski definition) is 3. The average Bonchev–Trinajstić information content (AvgIpc) is 2.46. The van der Waals surface area contributed by atoms with Crippen molar-refractivity contribution in [1.82, 2.24) is 10.6 Å². The summed E-state index contributed by atoms with van der Waals surface area (Å²) in [5, 5.41) is 6.14. The van der Waals surface area contributed by atoms with E-state index in [4.69, 9.17) is 0 Å². The van der Waals surface area contributed by atoms with Gasteiger partial charge < -0.3 is 16.4 Å². The molecule has 0 rings (SSSR count). The minimum atomic E-state index is -0.246. The molecule has 0 atom stereocenters. The Bertz CT molecular complexity index is 342. The molecule has 0 bridgehead atoms. The number of Topliss-reactive ketones (excluding diaryl/α,β-unsaturated/α-hetero) is 1. The molecule has 5 nitrogen and oxygen atoms in total. The van der Waals surface area contributed by atoms with Crippen LogP contribution in [0.25, 0.3) is 0 Å². The highest BCUT2D eigenvalue weighted by atomic mass is 16.1. The van der Waals surface area contributed by atoms with Gasteiger partial charge in [-0.25, -0.2) is 0 Å². The van der Waals surface area contributed by atoms with Crippen LogP contribution in [0.5, 0.6) is 0 Å². The highest BCUT2D eigenvalue weighted by molar-refractivity contribution is 5.83. The Labute approximate surface area is 149 Å². The Balaban J connectivity index is 0. The zero-order valence-corrected chi connectivity index (χ0v) is 17.2. The maximum absolute atomic E-state index is 11.6. The predicted molar refractivity (Wildman–Crippen MR) is 102 cm³/mol. The zero-order valence-electron chi connectivity index (χ0n) is 17.2. The van der Waals surface area contributed by atoms with Crippen molar-refractivity contribution in [1.29, 1.82) is 0 Å². The van der Waals surface area contributed by atoms with Crippen molar-refractivity contribution < 1.29 is 15.3 Å². The number of quaternary nitrogens is 1. The van der Waals surface area contributed by atoms with Crippen LogP contribution in [0.4, 0.5) is 0 Å². The fourth-order valence-corrected chi connectivity index (χ4v) is 1.76. The molecule has 0 aromatic rings. The summed E-state index contributed by atoms with van der Waals surface area (Å²) in [5.41, 5.74) is 3.74. The lowest BCUT2D eigenvalue weighted by Gasteiger charge is -2.18. The molecular formula is C19H42N3O2+. The van der Waals surface area contributed by atoms with Gasteiger partial charge in [0.25, 0.3) is 0 Å². The molecule has 0 fully saturated rings. The van der Waals surface area contributed by atoms with E-state index in [-0.39, 0.29) is 22.6 Å². The predicted octanol–water partition coefficient (Wildman–Crippen LogP) is 2.30. The normalized spacial score (nSPS) is 11.5. The minimum absolute atomic E-state index is 0.102. The van der Waals surface area contributed by atoms with Gasteiger partial charge in [0.15, 0.2) is 0 Å². The third-order valence-electron chi connectivity index (χ3n) is 3.30. The molecule has 0 aliphatic carbocycles. The van der Waals surface area contributed by atoms with E-state index in [0.29, 0.717) is 12.8 Å². The molecule has 5 N–H and O–H groups in total. The number of amides is 1. The minimum Gasteiger partial charge on any atom is -0.357 e. The molecule has 0 aliphatic heterocycles. The van der Waals surface area contributed by atoms with Crippen LogP contribution in [0, 0.1) is 5.41 Å². The first-order chi connectivity index (χ1) is 10.9. The highest BCUT2D eigenvalue weighted by Gasteiger charge is 2.20. The molecule has 0 unspecified atom stereocenters. The Kier molecular flexibility index (Phi) is 14.1. The van der Waals surface area contributed by atoms with E-state index >= 15 is 0 Å². The average molecular weight is 345 g/mol. The maximum atomic E-state index is 11.6. The molecular weight excluding hydrogens is 302 g/mol. The van der Waals surface area contributed by atoms with Crippen LogP contribution in [0.2, 0.25) is 0 Å². The number of carbonyl (C=O) groups excluding carboxylic acids is 2. The number of hydrogen-bond acceptors (Lipinski definition) is 3. The number of rotatable bonds is 9. The third kappa shape index (κ3) is 19.1. The van der Waals surface area contributed by atoms with E-state index in [0.717, 1.165) is 38.9 Å². The third-order valence-corrected chi connectivity index (χ3v) is 3.30. The van der Waals surface area contributed by atoms with Crippen LogP contribution < -0.4 is 16.4 Å². The van der Waals surface area contributed by atoms with Crippen LogP contribution >= 0.6 is 0 Å². The van der Waals surface area contributed by atoms with Gasteiger partial charge in [0, 0.05) is 36.9 Å². The van der Waals surface area contributed by atoms with Crippen LogP contribution in [0.3, 0.4) is 0 Å². The standard InChI is InChI=1S/C13H25NO2.C6H16N2/c1-5-10-14-12(16)9-7-6-8-11(15)13(2,3)4;1-6(2,3)8-5-4-7/h5-10H2,1-4H3,(H,14,16);8H,4-5,7H2,1-3H3/p+1. The summed E-state index contributed by atoms with van der Waals surface area (Å²) in [5.74, 6) is 0.381. The lowest BCUT2D eigenvalue weighted by Crippen LogP contribution is -2.56. The summed E-state index contributed by atoms with van der Waals surface area (Å²) in [7, 11) is 0. The molecule has 0 saturated heterocycles.